The normalized spacial score (nSPS) is 11.5. The number of methoxy groups -OCH3 is 1. The molecule has 0 saturated heterocycles. The number of nitrogens with one attached hydrogen (secondary N) is 3. The molecule has 0 spiro atoms. The van der Waals surface area contributed by atoms with Crippen LogP contribution in [-0.2, 0) is 42.0 Å². The van der Waals surface area contributed by atoms with Crippen LogP contribution in [0.25, 0.3) is 11.1 Å². The minimum absolute atomic E-state index is 0.00563. The molecule has 0 bridgehead atoms. The second-order valence-corrected chi connectivity index (χ2v) is 11.5. The van der Waals surface area contributed by atoms with Crippen molar-refractivity contribution in [3.63, 3.8) is 0 Å². The summed E-state index contributed by atoms with van der Waals surface area (Å²) in [6, 6.07) is 5.98. The monoisotopic (exact) mass is 736 g/mol. The molecule has 0 aliphatic rings. The van der Waals surface area contributed by atoms with Crippen LogP contribution in [-0.4, -0.2) is 112 Å². The molecule has 50 heavy (non-hydrogen) atoms. The molecule has 0 aliphatic heterocycles. The zero-order valence-electron chi connectivity index (χ0n) is 28.2. The third-order valence-corrected chi connectivity index (χ3v) is 7.52. The molecule has 2 heterocycles. The minimum atomic E-state index is -0.988. The molecule has 3 N–H and O–H groups in total. The van der Waals surface area contributed by atoms with E-state index in [-0.39, 0.29) is 65.6 Å². The summed E-state index contributed by atoms with van der Waals surface area (Å²) in [4.78, 5) is 54.0. The summed E-state index contributed by atoms with van der Waals surface area (Å²) in [6.45, 7) is 4.75. The highest BCUT2D eigenvalue weighted by molar-refractivity contribution is 6.39. The maximum atomic E-state index is 13.1. The quantitative estimate of drug-likeness (QED) is 0.128. The number of rotatable bonds is 22. The molecule has 1 atom stereocenters. The number of aromatic nitrogens is 3. The summed E-state index contributed by atoms with van der Waals surface area (Å²) in [5.74, 6) is -0.885. The maximum Gasteiger partial charge on any atom is 0.278 e. The van der Waals surface area contributed by atoms with Gasteiger partial charge in [-0.3, -0.25) is 24.2 Å². The minimum Gasteiger partial charge on any atom is -0.489 e. The maximum absolute atomic E-state index is 13.1. The Labute approximate surface area is 299 Å². The number of hydrogen-bond donors (Lipinski definition) is 3. The molecule has 0 radical (unpaired) electrons. The molecule has 2 aromatic heterocycles. The van der Waals surface area contributed by atoms with Crippen LogP contribution in [0.5, 0.6) is 5.75 Å². The predicted octanol–water partition coefficient (Wildman–Crippen LogP) is 1.82. The lowest BCUT2D eigenvalue weighted by molar-refractivity contribution is -0.123. The average Bonchev–Trinajstić information content (AvgIpc) is 3.08. The van der Waals surface area contributed by atoms with E-state index in [1.165, 1.54) is 44.4 Å². The number of nitrogens with zero attached hydrogens (tertiary/aromatic N) is 3. The van der Waals surface area contributed by atoms with Crippen LogP contribution < -0.4 is 26.2 Å². The van der Waals surface area contributed by atoms with Gasteiger partial charge in [-0.2, -0.15) is 5.10 Å². The SMILES string of the molecule is COCCNC(=O)C(Cc1ccc(-c2c(OCCOCCOCCOCCNC(C)=O)cnn(C)c2=O)cc1)NC(=O)c1c(Cl)cncc1Cl. The van der Waals surface area contributed by atoms with Crippen LogP contribution in [0.1, 0.15) is 22.8 Å². The average molecular weight is 738 g/mol. The first-order chi connectivity index (χ1) is 24.1. The van der Waals surface area contributed by atoms with Gasteiger partial charge < -0.3 is 39.6 Å². The molecule has 15 nitrogen and oxygen atoms in total. The molecule has 1 unspecified atom stereocenters. The van der Waals surface area contributed by atoms with E-state index in [0.717, 1.165) is 0 Å². The van der Waals surface area contributed by atoms with Gasteiger partial charge in [-0.25, -0.2) is 4.68 Å². The Morgan fingerprint density at radius 1 is 0.840 bits per heavy atom. The van der Waals surface area contributed by atoms with Gasteiger partial charge in [-0.15, -0.1) is 0 Å². The van der Waals surface area contributed by atoms with Gasteiger partial charge >= 0.3 is 0 Å². The summed E-state index contributed by atoms with van der Waals surface area (Å²) in [7, 11) is 3.05. The molecule has 272 valence electrons. The van der Waals surface area contributed by atoms with Crippen molar-refractivity contribution in [2.75, 3.05) is 73.1 Å². The summed E-state index contributed by atoms with van der Waals surface area (Å²) in [5.41, 5.74) is 1.22. The van der Waals surface area contributed by atoms with Crippen molar-refractivity contribution in [2.24, 2.45) is 7.05 Å². The fraction of sp³-hybridized carbons (Fsp3) is 0.455. The molecule has 17 heteroatoms. The van der Waals surface area contributed by atoms with Gasteiger partial charge in [0, 0.05) is 53.0 Å². The van der Waals surface area contributed by atoms with E-state index >= 15 is 0 Å². The highest BCUT2D eigenvalue weighted by Crippen LogP contribution is 2.27. The lowest BCUT2D eigenvalue weighted by atomic mass is 10.0. The second kappa shape index (κ2) is 21.9. The van der Waals surface area contributed by atoms with E-state index in [1.807, 2.05) is 0 Å². The summed E-state index contributed by atoms with van der Waals surface area (Å²) >= 11 is 12.3. The van der Waals surface area contributed by atoms with Crippen LogP contribution >= 0.6 is 23.2 Å². The van der Waals surface area contributed by atoms with Gasteiger partial charge in [-0.1, -0.05) is 47.5 Å². The Balaban J connectivity index is 1.58. The number of amides is 3. The van der Waals surface area contributed by atoms with E-state index in [1.54, 1.807) is 24.3 Å². The van der Waals surface area contributed by atoms with Crippen molar-refractivity contribution in [3.8, 4) is 16.9 Å². The van der Waals surface area contributed by atoms with Crippen molar-refractivity contribution >= 4 is 40.9 Å². The molecule has 3 aromatic rings. The molecule has 3 rings (SSSR count). The Kier molecular flexibility index (Phi) is 17.6. The van der Waals surface area contributed by atoms with E-state index in [2.05, 4.69) is 26.0 Å². The van der Waals surface area contributed by atoms with Gasteiger partial charge in [0.15, 0.2) is 5.75 Å². The molecule has 0 aliphatic carbocycles. The van der Waals surface area contributed by atoms with Gasteiger partial charge in [0.1, 0.15) is 12.6 Å². The van der Waals surface area contributed by atoms with Gasteiger partial charge in [0.05, 0.1) is 73.6 Å². The van der Waals surface area contributed by atoms with Gasteiger partial charge in [-0.05, 0) is 11.1 Å². The number of hydrogen-bond acceptors (Lipinski definition) is 11. The van der Waals surface area contributed by atoms with E-state index in [9.17, 15) is 19.2 Å². The predicted molar refractivity (Wildman–Crippen MR) is 186 cm³/mol. The third-order valence-electron chi connectivity index (χ3n) is 6.94. The largest absolute Gasteiger partial charge is 0.489 e. The second-order valence-electron chi connectivity index (χ2n) is 10.7. The molecule has 0 fully saturated rings. The fourth-order valence-corrected chi connectivity index (χ4v) is 5.00. The van der Waals surface area contributed by atoms with E-state index < -0.39 is 17.9 Å². The molecule has 1 aromatic carbocycles. The van der Waals surface area contributed by atoms with Crippen molar-refractivity contribution in [3.05, 3.63) is 74.4 Å². The Morgan fingerprint density at radius 2 is 1.44 bits per heavy atom. The lowest BCUT2D eigenvalue weighted by Crippen LogP contribution is -2.48. The fourth-order valence-electron chi connectivity index (χ4n) is 4.46. The standard InChI is InChI=1S/C33H42Cl2N6O9/c1-22(42)37-9-11-47-12-13-48-14-15-49-16-17-50-28-21-39-41(2)33(45)29(28)24-6-4-23(5-7-24)18-27(31(43)38-8-10-46-3)40-32(44)30-25(34)19-36-20-26(30)35/h4-7,19-21,27H,8-18H2,1-3H3,(H,37,42)(H,38,43)(H,40,44). The number of ether oxygens (including phenoxy) is 5. The summed E-state index contributed by atoms with van der Waals surface area (Å²) in [6.07, 6.45) is 4.16. The van der Waals surface area contributed by atoms with Crippen LogP contribution in [0.15, 0.2) is 47.7 Å². The first-order valence-corrected chi connectivity index (χ1v) is 16.5. The number of pyridine rings is 1. The van der Waals surface area contributed by atoms with Crippen LogP contribution in [0, 0.1) is 0 Å². The van der Waals surface area contributed by atoms with Crippen molar-refractivity contribution in [1.29, 1.82) is 0 Å². The molecular formula is C33H42Cl2N6O9. The Morgan fingerprint density at radius 3 is 2.06 bits per heavy atom. The van der Waals surface area contributed by atoms with Crippen molar-refractivity contribution in [2.45, 2.75) is 19.4 Å². The highest BCUT2D eigenvalue weighted by Gasteiger charge is 2.25. The smallest absolute Gasteiger partial charge is 0.278 e. The highest BCUT2D eigenvalue weighted by atomic mass is 35.5. The van der Waals surface area contributed by atoms with Crippen LogP contribution in [0.3, 0.4) is 0 Å². The number of halogens is 2. The van der Waals surface area contributed by atoms with Crippen molar-refractivity contribution in [1.82, 2.24) is 30.7 Å². The number of benzene rings is 1. The number of carbonyl (C=O) groups is 3. The molecule has 0 saturated carbocycles. The molecule has 3 amide bonds. The van der Waals surface area contributed by atoms with E-state index in [0.29, 0.717) is 56.3 Å². The van der Waals surface area contributed by atoms with Crippen molar-refractivity contribution < 1.29 is 38.1 Å². The number of aryl methyl sites for hydroxylation is 1. The zero-order chi connectivity index (χ0) is 36.3. The first kappa shape index (κ1) is 40.3. The first-order valence-electron chi connectivity index (χ1n) is 15.7. The van der Waals surface area contributed by atoms with Crippen LogP contribution in [0.4, 0.5) is 0 Å². The van der Waals surface area contributed by atoms with Crippen LogP contribution in [0.2, 0.25) is 10.0 Å². The number of carbonyl (C=O) groups excluding carboxylic acids is 3. The van der Waals surface area contributed by atoms with E-state index in [4.69, 9.17) is 46.9 Å². The Hall–Kier alpha value is -4.12. The topological polar surface area (TPSA) is 181 Å². The molecular weight excluding hydrogens is 695 g/mol. The Bertz CT molecular complexity index is 1590. The third kappa shape index (κ3) is 13.3. The van der Waals surface area contributed by atoms with Gasteiger partial charge in [0.25, 0.3) is 11.5 Å². The summed E-state index contributed by atoms with van der Waals surface area (Å²) < 4.78 is 28.5. The van der Waals surface area contributed by atoms with Gasteiger partial charge in [0.2, 0.25) is 11.8 Å². The zero-order valence-corrected chi connectivity index (χ0v) is 29.7. The lowest BCUT2D eigenvalue weighted by Gasteiger charge is -2.19. The summed E-state index contributed by atoms with van der Waals surface area (Å²) in [5, 5.41) is 12.3.